The molecule has 1 aromatic heterocycles. The van der Waals surface area contributed by atoms with E-state index < -0.39 is 27.6 Å². The first-order valence-electron chi connectivity index (χ1n) is 9.52. The van der Waals surface area contributed by atoms with Crippen molar-refractivity contribution in [3.8, 4) is 0 Å². The van der Waals surface area contributed by atoms with E-state index in [1.165, 1.54) is 17.0 Å². The Kier molecular flexibility index (Phi) is 5.19. The SMILES string of the molecule is Cc1ccc2c(=O)cc(C(=O)N(Cc3ccc(F)cc3)[C@@H]3CCS(=O)(=O)C3)oc2c1. The highest BCUT2D eigenvalue weighted by Gasteiger charge is 2.36. The Hall–Kier alpha value is -3.00. The van der Waals surface area contributed by atoms with Crippen molar-refractivity contribution in [1.82, 2.24) is 4.90 Å². The van der Waals surface area contributed by atoms with Gasteiger partial charge in [-0.15, -0.1) is 0 Å². The van der Waals surface area contributed by atoms with Crippen LogP contribution in [0.2, 0.25) is 0 Å². The van der Waals surface area contributed by atoms with E-state index in [9.17, 15) is 22.4 Å². The van der Waals surface area contributed by atoms with Crippen molar-refractivity contribution in [3.05, 3.63) is 81.5 Å². The maximum absolute atomic E-state index is 13.3. The fourth-order valence-electron chi connectivity index (χ4n) is 3.68. The van der Waals surface area contributed by atoms with Gasteiger partial charge in [-0.3, -0.25) is 9.59 Å². The summed E-state index contributed by atoms with van der Waals surface area (Å²) in [6.07, 6.45) is 0.298. The number of hydrogen-bond donors (Lipinski definition) is 0. The van der Waals surface area contributed by atoms with Crippen LogP contribution in [0.1, 0.15) is 28.1 Å². The molecule has 2 aromatic carbocycles. The lowest BCUT2D eigenvalue weighted by Gasteiger charge is -2.28. The first kappa shape index (κ1) is 20.3. The molecule has 0 aliphatic carbocycles. The number of nitrogens with zero attached hydrogens (tertiary/aromatic N) is 1. The molecule has 30 heavy (non-hydrogen) atoms. The molecule has 0 N–H and O–H groups in total. The van der Waals surface area contributed by atoms with Crippen LogP contribution < -0.4 is 5.43 Å². The van der Waals surface area contributed by atoms with Gasteiger partial charge in [0.1, 0.15) is 11.4 Å². The average molecular weight is 429 g/mol. The molecule has 1 aliphatic rings. The van der Waals surface area contributed by atoms with Gasteiger partial charge in [0.25, 0.3) is 5.91 Å². The molecule has 1 amide bonds. The summed E-state index contributed by atoms with van der Waals surface area (Å²) in [4.78, 5) is 27.2. The topological polar surface area (TPSA) is 84.7 Å². The molecular weight excluding hydrogens is 409 g/mol. The normalized spacial score (nSPS) is 17.9. The van der Waals surface area contributed by atoms with Crippen molar-refractivity contribution in [3.63, 3.8) is 0 Å². The van der Waals surface area contributed by atoms with Gasteiger partial charge in [-0.2, -0.15) is 0 Å². The maximum Gasteiger partial charge on any atom is 0.290 e. The van der Waals surface area contributed by atoms with Crippen molar-refractivity contribution in [2.45, 2.75) is 25.9 Å². The van der Waals surface area contributed by atoms with Crippen LogP contribution in [-0.4, -0.2) is 36.8 Å². The van der Waals surface area contributed by atoms with Crippen LogP contribution in [0.25, 0.3) is 11.0 Å². The van der Waals surface area contributed by atoms with E-state index in [2.05, 4.69) is 0 Å². The van der Waals surface area contributed by atoms with Gasteiger partial charge in [0.05, 0.1) is 16.9 Å². The fraction of sp³-hybridized carbons (Fsp3) is 0.273. The molecule has 0 unspecified atom stereocenters. The van der Waals surface area contributed by atoms with Crippen molar-refractivity contribution in [2.24, 2.45) is 0 Å². The summed E-state index contributed by atoms with van der Waals surface area (Å²) in [7, 11) is -3.25. The summed E-state index contributed by atoms with van der Waals surface area (Å²) in [6, 6.07) is 11.3. The third-order valence-corrected chi connectivity index (χ3v) is 7.02. The van der Waals surface area contributed by atoms with Crippen LogP contribution in [0.3, 0.4) is 0 Å². The van der Waals surface area contributed by atoms with E-state index >= 15 is 0 Å². The Morgan fingerprint density at radius 3 is 2.57 bits per heavy atom. The summed E-state index contributed by atoms with van der Waals surface area (Å²) in [5.41, 5.74) is 1.47. The van der Waals surface area contributed by atoms with Gasteiger partial charge in [-0.05, 0) is 48.7 Å². The molecule has 0 radical (unpaired) electrons. The highest BCUT2D eigenvalue weighted by molar-refractivity contribution is 7.91. The molecular formula is C22H20FNO5S. The molecule has 1 fully saturated rings. The Labute approximate surface area is 172 Å². The Bertz CT molecular complexity index is 1280. The molecule has 0 bridgehead atoms. The summed E-state index contributed by atoms with van der Waals surface area (Å²) < 4.78 is 43.0. The number of benzene rings is 2. The monoisotopic (exact) mass is 429 g/mol. The van der Waals surface area contributed by atoms with Gasteiger partial charge in [-0.25, -0.2) is 12.8 Å². The van der Waals surface area contributed by atoms with E-state index in [4.69, 9.17) is 4.42 Å². The minimum atomic E-state index is -3.25. The molecule has 156 valence electrons. The second-order valence-corrected chi connectivity index (χ2v) is 9.82. The molecule has 1 saturated heterocycles. The van der Waals surface area contributed by atoms with Gasteiger partial charge >= 0.3 is 0 Å². The van der Waals surface area contributed by atoms with Crippen LogP contribution in [0.15, 0.2) is 57.7 Å². The lowest BCUT2D eigenvalue weighted by Crippen LogP contribution is -2.40. The number of aryl methyl sites for hydroxylation is 1. The van der Waals surface area contributed by atoms with Crippen molar-refractivity contribution < 1.29 is 22.0 Å². The van der Waals surface area contributed by atoms with Crippen LogP contribution in [0.5, 0.6) is 0 Å². The number of sulfone groups is 1. The highest BCUT2D eigenvalue weighted by atomic mass is 32.2. The lowest BCUT2D eigenvalue weighted by atomic mass is 10.1. The zero-order valence-electron chi connectivity index (χ0n) is 16.3. The van der Waals surface area contributed by atoms with E-state index in [1.807, 2.05) is 6.92 Å². The minimum Gasteiger partial charge on any atom is -0.451 e. The largest absolute Gasteiger partial charge is 0.451 e. The zero-order chi connectivity index (χ0) is 21.5. The number of rotatable bonds is 4. The number of fused-ring (bicyclic) bond motifs is 1. The van der Waals surface area contributed by atoms with Crippen LogP contribution in [0.4, 0.5) is 4.39 Å². The summed E-state index contributed by atoms with van der Waals surface area (Å²) in [5, 5.41) is 0.366. The molecule has 0 spiro atoms. The van der Waals surface area contributed by atoms with Crippen molar-refractivity contribution >= 4 is 26.7 Å². The molecule has 1 atom stereocenters. The first-order chi connectivity index (χ1) is 14.2. The third-order valence-electron chi connectivity index (χ3n) is 5.27. The van der Waals surface area contributed by atoms with Gasteiger partial charge in [0.2, 0.25) is 0 Å². The number of carbonyl (C=O) groups is 1. The van der Waals surface area contributed by atoms with Gasteiger partial charge in [-0.1, -0.05) is 18.2 Å². The predicted octanol–water partition coefficient (Wildman–Crippen LogP) is 3.07. The van der Waals surface area contributed by atoms with Gasteiger partial charge in [0, 0.05) is 18.7 Å². The molecule has 8 heteroatoms. The van der Waals surface area contributed by atoms with E-state index in [1.54, 1.807) is 30.3 Å². The standard InChI is InChI=1S/C22H20FNO5S/c1-14-2-7-18-19(25)11-21(29-20(18)10-14)22(26)24(17-8-9-30(27,28)13-17)12-15-3-5-16(23)6-4-15/h2-7,10-11,17H,8-9,12-13H2,1H3/t17-/m1/s1. The first-order valence-corrected chi connectivity index (χ1v) is 11.3. The van der Waals surface area contributed by atoms with Crippen LogP contribution in [0, 0.1) is 12.7 Å². The van der Waals surface area contributed by atoms with Crippen molar-refractivity contribution in [2.75, 3.05) is 11.5 Å². The lowest BCUT2D eigenvalue weighted by molar-refractivity contribution is 0.0648. The quantitative estimate of drug-likeness (QED) is 0.636. The minimum absolute atomic E-state index is 0.00821. The summed E-state index contributed by atoms with van der Waals surface area (Å²) in [5.74, 6) is -1.29. The van der Waals surface area contributed by atoms with E-state index in [0.29, 0.717) is 23.0 Å². The second-order valence-electron chi connectivity index (χ2n) is 7.59. The Morgan fingerprint density at radius 2 is 1.90 bits per heavy atom. The summed E-state index contributed by atoms with van der Waals surface area (Å²) in [6.45, 7) is 1.92. The number of carbonyl (C=O) groups excluding carboxylic acids is 1. The number of amides is 1. The van der Waals surface area contributed by atoms with Gasteiger partial charge < -0.3 is 9.32 Å². The maximum atomic E-state index is 13.3. The van der Waals surface area contributed by atoms with E-state index in [0.717, 1.165) is 11.6 Å². The smallest absolute Gasteiger partial charge is 0.290 e. The molecule has 4 rings (SSSR count). The molecule has 0 saturated carbocycles. The second kappa shape index (κ2) is 7.68. The Balaban J connectivity index is 1.74. The molecule has 1 aliphatic heterocycles. The number of halogens is 1. The van der Waals surface area contributed by atoms with E-state index in [-0.39, 0.29) is 29.2 Å². The third kappa shape index (κ3) is 4.14. The molecule has 2 heterocycles. The highest BCUT2D eigenvalue weighted by Crippen LogP contribution is 2.23. The van der Waals surface area contributed by atoms with Crippen molar-refractivity contribution in [1.29, 1.82) is 0 Å². The van der Waals surface area contributed by atoms with Gasteiger partial charge in [0.15, 0.2) is 21.0 Å². The van der Waals surface area contributed by atoms with Crippen LogP contribution in [-0.2, 0) is 16.4 Å². The predicted molar refractivity (Wildman–Crippen MR) is 111 cm³/mol. The average Bonchev–Trinajstić information content (AvgIpc) is 3.06. The zero-order valence-corrected chi connectivity index (χ0v) is 17.1. The molecule has 3 aromatic rings. The summed E-state index contributed by atoms with van der Waals surface area (Å²) >= 11 is 0. The molecule has 6 nitrogen and oxygen atoms in total. The fourth-order valence-corrected chi connectivity index (χ4v) is 5.41. The van der Waals surface area contributed by atoms with Crippen LogP contribution >= 0.6 is 0 Å². The Morgan fingerprint density at radius 1 is 1.17 bits per heavy atom. The number of hydrogen-bond acceptors (Lipinski definition) is 5.